The summed E-state index contributed by atoms with van der Waals surface area (Å²) < 4.78 is 34.1. The molecule has 0 aromatic rings. The van der Waals surface area contributed by atoms with E-state index in [0.717, 1.165) is 64.2 Å². The van der Waals surface area contributed by atoms with Gasteiger partial charge in [-0.1, -0.05) is 147 Å². The zero-order valence-electron chi connectivity index (χ0n) is 43.4. The molecule has 17 unspecified atom stereocenters. The third-order valence-corrected chi connectivity index (χ3v) is 14.0. The first-order valence-electron chi connectivity index (χ1n) is 27.6. The molecule has 0 aromatic carbocycles. The Kier molecular flexibility index (Phi) is 34.0. The van der Waals surface area contributed by atoms with Crippen molar-refractivity contribution >= 4 is 5.91 Å². The summed E-state index contributed by atoms with van der Waals surface area (Å²) in [6, 6.07) is -0.972. The van der Waals surface area contributed by atoms with Crippen molar-refractivity contribution in [3.05, 3.63) is 24.3 Å². The molecular weight excluding hydrogens is 939 g/mol. The Morgan fingerprint density at radius 3 is 1.35 bits per heavy atom. The topological polar surface area (TPSA) is 307 Å². The first-order chi connectivity index (χ1) is 34.8. The summed E-state index contributed by atoms with van der Waals surface area (Å²) in [5.41, 5.74) is 0. The van der Waals surface area contributed by atoms with Gasteiger partial charge in [0, 0.05) is 6.42 Å². The Labute approximate surface area is 428 Å². The van der Waals surface area contributed by atoms with Crippen molar-refractivity contribution in [1.82, 2.24) is 5.32 Å². The fraction of sp³-hybridized carbons (Fsp3) is 0.906. The minimum Gasteiger partial charge on any atom is -0.394 e. The molecule has 19 nitrogen and oxygen atoms in total. The Morgan fingerprint density at radius 2 is 0.875 bits per heavy atom. The lowest BCUT2D eigenvalue weighted by molar-refractivity contribution is -0.379. The zero-order chi connectivity index (χ0) is 52.7. The lowest BCUT2D eigenvalue weighted by Crippen LogP contribution is -2.66. The molecule has 0 radical (unpaired) electrons. The van der Waals surface area contributed by atoms with Crippen molar-refractivity contribution in [2.24, 2.45) is 0 Å². The lowest BCUT2D eigenvalue weighted by atomic mass is 9.96. The number of aliphatic hydroxyl groups excluding tert-OH is 11. The van der Waals surface area contributed by atoms with Gasteiger partial charge >= 0.3 is 0 Å². The fourth-order valence-electron chi connectivity index (χ4n) is 9.36. The molecule has 3 fully saturated rings. The molecule has 3 heterocycles. The van der Waals surface area contributed by atoms with Gasteiger partial charge in [-0.05, 0) is 44.9 Å². The van der Waals surface area contributed by atoms with E-state index in [4.69, 9.17) is 28.4 Å². The van der Waals surface area contributed by atoms with E-state index in [9.17, 15) is 61.0 Å². The van der Waals surface area contributed by atoms with Crippen molar-refractivity contribution in [2.45, 2.75) is 279 Å². The molecule has 72 heavy (non-hydrogen) atoms. The van der Waals surface area contributed by atoms with Gasteiger partial charge in [0.15, 0.2) is 18.9 Å². The van der Waals surface area contributed by atoms with Crippen LogP contribution in [0.5, 0.6) is 0 Å². The monoisotopic (exact) mass is 1040 g/mol. The molecule has 0 bridgehead atoms. The molecule has 0 aromatic heterocycles. The number of hydrogen-bond donors (Lipinski definition) is 12. The quantitative estimate of drug-likeness (QED) is 0.0311. The molecule has 3 aliphatic rings. The van der Waals surface area contributed by atoms with Gasteiger partial charge in [-0.15, -0.1) is 0 Å². The number of carbonyl (C=O) groups excluding carboxylic acids is 1. The summed E-state index contributed by atoms with van der Waals surface area (Å²) in [6.45, 7) is 1.67. The fourth-order valence-corrected chi connectivity index (χ4v) is 9.36. The highest BCUT2D eigenvalue weighted by molar-refractivity contribution is 5.76. The Hall–Kier alpha value is -1.73. The van der Waals surface area contributed by atoms with Crippen LogP contribution in [0.25, 0.3) is 0 Å². The largest absolute Gasteiger partial charge is 0.394 e. The normalized spacial score (nSPS) is 32.2. The third kappa shape index (κ3) is 22.9. The molecule has 17 atom stereocenters. The van der Waals surface area contributed by atoms with E-state index in [1.165, 1.54) is 83.5 Å². The minimum atomic E-state index is -1.98. The number of allylic oxidation sites excluding steroid dienone is 3. The maximum Gasteiger partial charge on any atom is 0.220 e. The second-order valence-corrected chi connectivity index (χ2v) is 20.0. The van der Waals surface area contributed by atoms with E-state index in [1.54, 1.807) is 6.08 Å². The van der Waals surface area contributed by atoms with Gasteiger partial charge in [-0.2, -0.15) is 0 Å². The van der Waals surface area contributed by atoms with E-state index < -0.39 is 124 Å². The summed E-state index contributed by atoms with van der Waals surface area (Å²) in [5, 5.41) is 120. The maximum absolute atomic E-state index is 13.2. The molecule has 12 N–H and O–H groups in total. The predicted octanol–water partition coefficient (Wildman–Crippen LogP) is 3.20. The summed E-state index contributed by atoms with van der Waals surface area (Å²) >= 11 is 0. The van der Waals surface area contributed by atoms with Gasteiger partial charge < -0.3 is 89.9 Å². The van der Waals surface area contributed by atoms with Crippen molar-refractivity contribution in [3.8, 4) is 0 Å². The summed E-state index contributed by atoms with van der Waals surface area (Å²) in [4.78, 5) is 13.2. The highest BCUT2D eigenvalue weighted by Gasteiger charge is 2.53. The van der Waals surface area contributed by atoms with Crippen molar-refractivity contribution in [2.75, 3.05) is 26.4 Å². The van der Waals surface area contributed by atoms with Crippen LogP contribution in [0.1, 0.15) is 174 Å². The first kappa shape index (κ1) is 64.6. The Morgan fingerprint density at radius 1 is 0.486 bits per heavy atom. The molecule has 1 amide bonds. The molecule has 3 aliphatic heterocycles. The number of carbonyl (C=O) groups is 1. The van der Waals surface area contributed by atoms with Gasteiger partial charge in [0.25, 0.3) is 0 Å². The highest BCUT2D eigenvalue weighted by Crippen LogP contribution is 2.33. The summed E-state index contributed by atoms with van der Waals surface area (Å²) in [7, 11) is 0. The molecule has 0 aliphatic carbocycles. The molecule has 0 saturated carbocycles. The molecule has 3 rings (SSSR count). The average Bonchev–Trinajstić information content (AvgIpc) is 3.37. The number of rotatable bonds is 39. The maximum atomic E-state index is 13.2. The van der Waals surface area contributed by atoms with E-state index >= 15 is 0 Å². The van der Waals surface area contributed by atoms with Crippen LogP contribution in [0.3, 0.4) is 0 Å². The molecular formula is C53H97NO18. The minimum absolute atomic E-state index is 0.234. The Balaban J connectivity index is 1.55. The van der Waals surface area contributed by atoms with Gasteiger partial charge in [0.1, 0.15) is 73.2 Å². The van der Waals surface area contributed by atoms with E-state index in [1.807, 2.05) is 6.08 Å². The SMILES string of the molecule is CCCCCCC/C=C\CCCCCCCC(=O)NC(COC1OC(CO)C(OC2OC(CO)C(OC3OC(CO)C(O)C(O)C3O)C(O)C2O)C(O)C1O)C(O)/C=C/CCCCCCCCCCCCC. The summed E-state index contributed by atoms with van der Waals surface area (Å²) in [6.07, 6.45) is 8.83. The smallest absolute Gasteiger partial charge is 0.220 e. The van der Waals surface area contributed by atoms with Crippen LogP contribution in [0.4, 0.5) is 0 Å². The van der Waals surface area contributed by atoms with Crippen LogP contribution in [0.2, 0.25) is 0 Å². The van der Waals surface area contributed by atoms with E-state index in [-0.39, 0.29) is 18.9 Å². The average molecular weight is 1040 g/mol. The number of nitrogens with one attached hydrogen (secondary N) is 1. The predicted molar refractivity (Wildman–Crippen MR) is 268 cm³/mol. The van der Waals surface area contributed by atoms with Crippen LogP contribution in [0, 0.1) is 0 Å². The standard InChI is InChI=1S/C53H97NO18/c1-3-5-7-9-11-13-15-17-19-21-23-25-27-29-31-41(59)54-36(37(58)30-28-26-24-22-20-18-16-14-12-10-8-6-4-2)35-67-51-47(65)44(62)49(39(33-56)69-51)72-53-48(66)45(63)50(40(34-57)70-53)71-52-46(64)43(61)42(60)38(32-55)68-52/h15,17,28,30,36-40,42-53,55-58,60-66H,3-14,16,18-27,29,31-35H2,1-2H3,(H,54,59)/b17-15-,30-28+. The van der Waals surface area contributed by atoms with E-state index in [0.29, 0.717) is 6.42 Å². The second-order valence-electron chi connectivity index (χ2n) is 20.0. The highest BCUT2D eigenvalue weighted by atomic mass is 16.8. The molecule has 422 valence electrons. The first-order valence-corrected chi connectivity index (χ1v) is 27.6. The molecule has 19 heteroatoms. The van der Waals surface area contributed by atoms with Crippen molar-refractivity contribution in [3.63, 3.8) is 0 Å². The van der Waals surface area contributed by atoms with Gasteiger partial charge in [-0.3, -0.25) is 4.79 Å². The van der Waals surface area contributed by atoms with Gasteiger partial charge in [0.05, 0.1) is 38.6 Å². The molecule has 0 spiro atoms. The number of ether oxygens (including phenoxy) is 6. The number of amides is 1. The van der Waals surface area contributed by atoms with Crippen LogP contribution in [0.15, 0.2) is 24.3 Å². The van der Waals surface area contributed by atoms with E-state index in [2.05, 4.69) is 31.3 Å². The zero-order valence-corrected chi connectivity index (χ0v) is 43.4. The summed E-state index contributed by atoms with van der Waals surface area (Å²) in [5.74, 6) is -0.287. The van der Waals surface area contributed by atoms with Crippen LogP contribution < -0.4 is 5.32 Å². The van der Waals surface area contributed by atoms with Crippen LogP contribution in [-0.2, 0) is 33.2 Å². The molecule has 3 saturated heterocycles. The van der Waals surface area contributed by atoms with Crippen LogP contribution >= 0.6 is 0 Å². The van der Waals surface area contributed by atoms with Gasteiger partial charge in [0.2, 0.25) is 5.91 Å². The third-order valence-electron chi connectivity index (χ3n) is 14.0. The van der Waals surface area contributed by atoms with Crippen molar-refractivity contribution < 1.29 is 89.4 Å². The number of unbranched alkanes of at least 4 members (excludes halogenated alkanes) is 21. The second kappa shape index (κ2) is 37.9. The number of aliphatic hydroxyl groups is 11. The number of hydrogen-bond acceptors (Lipinski definition) is 18. The van der Waals surface area contributed by atoms with Gasteiger partial charge in [-0.25, -0.2) is 0 Å². The lowest BCUT2D eigenvalue weighted by Gasteiger charge is -2.48. The van der Waals surface area contributed by atoms with Crippen molar-refractivity contribution in [1.29, 1.82) is 0 Å². The Bertz CT molecular complexity index is 1430. The van der Waals surface area contributed by atoms with Crippen LogP contribution in [-0.4, -0.2) is 193 Å².